The number of aromatic nitrogens is 1. The molecule has 0 N–H and O–H groups in total. The maximum absolute atomic E-state index is 4.69. The summed E-state index contributed by atoms with van der Waals surface area (Å²) in [5.41, 5.74) is 7.63. The first-order valence-corrected chi connectivity index (χ1v) is 7.34. The van der Waals surface area contributed by atoms with Gasteiger partial charge in [-0.15, -0.1) is 0 Å². The summed E-state index contributed by atoms with van der Waals surface area (Å²) < 4.78 is 0. The van der Waals surface area contributed by atoms with Crippen molar-refractivity contribution in [3.05, 3.63) is 78.0 Å². The monoisotopic (exact) mass is 271 g/mol. The Balaban J connectivity index is 1.94. The number of hydrogen-bond acceptors (Lipinski definition) is 1. The molecule has 1 heteroatoms. The van der Waals surface area contributed by atoms with Crippen molar-refractivity contribution in [3.8, 4) is 22.4 Å². The molecular weight excluding hydrogens is 254 g/mol. The summed E-state index contributed by atoms with van der Waals surface area (Å²) in [5, 5.41) is 0. The second-order valence-corrected chi connectivity index (χ2v) is 6.15. The van der Waals surface area contributed by atoms with Gasteiger partial charge in [0.15, 0.2) is 0 Å². The molecule has 0 spiro atoms. The summed E-state index contributed by atoms with van der Waals surface area (Å²) in [5.74, 6) is 0. The molecule has 1 aromatic heterocycles. The molecule has 102 valence electrons. The van der Waals surface area contributed by atoms with E-state index in [1.165, 1.54) is 27.8 Å². The van der Waals surface area contributed by atoms with Gasteiger partial charge in [0.05, 0.1) is 5.69 Å². The molecule has 0 bridgehead atoms. The van der Waals surface area contributed by atoms with Gasteiger partial charge in [-0.1, -0.05) is 68.4 Å². The minimum absolute atomic E-state index is 0.0401. The highest BCUT2D eigenvalue weighted by Crippen LogP contribution is 2.48. The Morgan fingerprint density at radius 2 is 1.48 bits per heavy atom. The minimum Gasteiger partial charge on any atom is -0.256 e. The van der Waals surface area contributed by atoms with Crippen LogP contribution in [0.5, 0.6) is 0 Å². The highest BCUT2D eigenvalue weighted by molar-refractivity contribution is 5.81. The first-order valence-electron chi connectivity index (χ1n) is 7.34. The fraction of sp³-hybridized carbons (Fsp3) is 0.150. The lowest BCUT2D eigenvalue weighted by molar-refractivity contribution is 0.660. The topological polar surface area (TPSA) is 12.9 Å². The maximum atomic E-state index is 4.69. The van der Waals surface area contributed by atoms with Gasteiger partial charge in [0.1, 0.15) is 0 Å². The predicted octanol–water partition coefficient (Wildman–Crippen LogP) is 5.05. The molecule has 0 radical (unpaired) electrons. The van der Waals surface area contributed by atoms with E-state index < -0.39 is 0 Å². The van der Waals surface area contributed by atoms with Crippen LogP contribution < -0.4 is 0 Å². The van der Waals surface area contributed by atoms with Crippen molar-refractivity contribution >= 4 is 0 Å². The van der Waals surface area contributed by atoms with Crippen LogP contribution in [0, 0.1) is 0 Å². The van der Waals surface area contributed by atoms with Gasteiger partial charge in [0.25, 0.3) is 0 Å². The van der Waals surface area contributed by atoms with Crippen LogP contribution in [-0.4, -0.2) is 4.98 Å². The number of fused-ring (bicyclic) bond motifs is 3. The average Bonchev–Trinajstić information content (AvgIpc) is 2.77. The first-order chi connectivity index (χ1) is 10.2. The second kappa shape index (κ2) is 4.29. The van der Waals surface area contributed by atoms with Gasteiger partial charge in [0, 0.05) is 22.7 Å². The van der Waals surface area contributed by atoms with E-state index in [4.69, 9.17) is 0 Å². The number of nitrogens with zero attached hydrogens (tertiary/aromatic N) is 1. The molecule has 0 amide bonds. The van der Waals surface area contributed by atoms with Crippen LogP contribution in [-0.2, 0) is 5.41 Å². The van der Waals surface area contributed by atoms with E-state index >= 15 is 0 Å². The average molecular weight is 271 g/mol. The van der Waals surface area contributed by atoms with Crippen molar-refractivity contribution in [1.29, 1.82) is 0 Å². The number of hydrogen-bond donors (Lipinski definition) is 0. The Morgan fingerprint density at radius 3 is 2.29 bits per heavy atom. The summed E-state index contributed by atoms with van der Waals surface area (Å²) in [6.45, 7) is 4.60. The molecule has 4 rings (SSSR count). The smallest absolute Gasteiger partial charge is 0.0705 e. The van der Waals surface area contributed by atoms with Crippen molar-refractivity contribution in [2.75, 3.05) is 0 Å². The van der Waals surface area contributed by atoms with Gasteiger partial charge < -0.3 is 0 Å². The Bertz CT molecular complexity index is 816. The number of pyridine rings is 1. The summed E-state index contributed by atoms with van der Waals surface area (Å²) >= 11 is 0. The first kappa shape index (κ1) is 12.3. The van der Waals surface area contributed by atoms with E-state index in [2.05, 4.69) is 73.4 Å². The van der Waals surface area contributed by atoms with Crippen LogP contribution in [0.4, 0.5) is 0 Å². The molecule has 0 saturated heterocycles. The maximum Gasteiger partial charge on any atom is 0.0705 e. The number of rotatable bonds is 1. The predicted molar refractivity (Wildman–Crippen MR) is 87.2 cm³/mol. The van der Waals surface area contributed by atoms with Gasteiger partial charge in [-0.3, -0.25) is 4.98 Å². The molecule has 0 fully saturated rings. The van der Waals surface area contributed by atoms with E-state index in [1.54, 1.807) is 0 Å². The molecule has 3 aromatic rings. The van der Waals surface area contributed by atoms with E-state index in [0.29, 0.717) is 0 Å². The molecule has 1 aliphatic carbocycles. The lowest BCUT2D eigenvalue weighted by Gasteiger charge is -2.21. The lowest BCUT2D eigenvalue weighted by Crippen LogP contribution is -2.15. The molecule has 21 heavy (non-hydrogen) atoms. The van der Waals surface area contributed by atoms with Gasteiger partial charge in [-0.05, 0) is 22.8 Å². The zero-order chi connectivity index (χ0) is 14.4. The summed E-state index contributed by atoms with van der Waals surface area (Å²) in [4.78, 5) is 4.69. The number of benzene rings is 2. The lowest BCUT2D eigenvalue weighted by atomic mass is 9.82. The molecule has 0 atom stereocenters. The standard InChI is InChI=1S/C20H17N/c1-20(2)17-11-7-6-10-15(17)16-13-21-19(12-18(16)20)14-8-4-3-5-9-14/h3-13H,1-2H3. The van der Waals surface area contributed by atoms with E-state index in [9.17, 15) is 0 Å². The minimum atomic E-state index is 0.0401. The zero-order valence-corrected chi connectivity index (χ0v) is 12.3. The van der Waals surface area contributed by atoms with Gasteiger partial charge >= 0.3 is 0 Å². The van der Waals surface area contributed by atoms with Crippen molar-refractivity contribution in [3.63, 3.8) is 0 Å². The molecular formula is C20H17N. The van der Waals surface area contributed by atoms with Crippen LogP contribution in [0.2, 0.25) is 0 Å². The van der Waals surface area contributed by atoms with Crippen LogP contribution >= 0.6 is 0 Å². The third kappa shape index (κ3) is 1.74. The Labute approximate surface area is 125 Å². The molecule has 1 heterocycles. The Hall–Kier alpha value is -2.41. The van der Waals surface area contributed by atoms with E-state index in [0.717, 1.165) is 5.69 Å². The van der Waals surface area contributed by atoms with E-state index in [-0.39, 0.29) is 5.41 Å². The summed E-state index contributed by atoms with van der Waals surface area (Å²) in [6, 6.07) is 21.3. The van der Waals surface area contributed by atoms with Crippen molar-refractivity contribution in [2.45, 2.75) is 19.3 Å². The molecule has 0 saturated carbocycles. The van der Waals surface area contributed by atoms with Crippen molar-refractivity contribution in [2.24, 2.45) is 0 Å². The molecule has 0 aliphatic heterocycles. The van der Waals surface area contributed by atoms with Gasteiger partial charge in [0.2, 0.25) is 0 Å². The van der Waals surface area contributed by atoms with Gasteiger partial charge in [-0.2, -0.15) is 0 Å². The molecule has 1 aliphatic rings. The second-order valence-electron chi connectivity index (χ2n) is 6.15. The fourth-order valence-corrected chi connectivity index (χ4v) is 3.36. The largest absolute Gasteiger partial charge is 0.256 e. The van der Waals surface area contributed by atoms with Crippen molar-refractivity contribution in [1.82, 2.24) is 4.98 Å². The van der Waals surface area contributed by atoms with Crippen LogP contribution in [0.1, 0.15) is 25.0 Å². The summed E-state index contributed by atoms with van der Waals surface area (Å²) in [6.07, 6.45) is 2.03. The van der Waals surface area contributed by atoms with Crippen LogP contribution in [0.15, 0.2) is 66.9 Å². The molecule has 0 unspecified atom stereocenters. The van der Waals surface area contributed by atoms with Gasteiger partial charge in [-0.25, -0.2) is 0 Å². The summed E-state index contributed by atoms with van der Waals surface area (Å²) in [7, 11) is 0. The quantitative estimate of drug-likeness (QED) is 0.603. The Morgan fingerprint density at radius 1 is 0.762 bits per heavy atom. The normalized spacial score (nSPS) is 14.6. The third-order valence-corrected chi connectivity index (χ3v) is 4.54. The SMILES string of the molecule is CC1(C)c2ccccc2-c2cnc(-c3ccccc3)cc21. The Kier molecular flexibility index (Phi) is 2.52. The molecule has 2 aromatic carbocycles. The molecule has 1 nitrogen and oxygen atoms in total. The van der Waals surface area contributed by atoms with Crippen molar-refractivity contribution < 1.29 is 0 Å². The van der Waals surface area contributed by atoms with E-state index in [1.807, 2.05) is 12.3 Å². The zero-order valence-electron chi connectivity index (χ0n) is 12.3. The van der Waals surface area contributed by atoms with Crippen LogP contribution in [0.3, 0.4) is 0 Å². The van der Waals surface area contributed by atoms with Crippen LogP contribution in [0.25, 0.3) is 22.4 Å². The third-order valence-electron chi connectivity index (χ3n) is 4.54. The highest BCUT2D eigenvalue weighted by Gasteiger charge is 2.35. The fourth-order valence-electron chi connectivity index (χ4n) is 3.36. The highest BCUT2D eigenvalue weighted by atomic mass is 14.7.